The maximum absolute atomic E-state index is 12.2. The number of nitrogens with zero attached hydrogens (tertiary/aromatic N) is 2. The first-order valence-electron chi connectivity index (χ1n) is 5.45. The van der Waals surface area contributed by atoms with Crippen LogP contribution < -0.4 is 11.1 Å². The number of hydrogen-bond acceptors (Lipinski definition) is 3. The lowest BCUT2D eigenvalue weighted by molar-refractivity contribution is 0.101. The molecule has 0 fully saturated rings. The minimum Gasteiger partial charge on any atom is -0.395 e. The molecule has 0 atom stereocenters. The number of carbonyl (C=O) groups is 1. The average molecular weight is 344 g/mol. The highest BCUT2D eigenvalue weighted by Gasteiger charge is 2.18. The maximum Gasteiger partial charge on any atom is 0.276 e. The molecule has 0 saturated carbocycles. The number of hydrogen-bond donors (Lipinski definition) is 2. The number of benzene rings is 1. The van der Waals surface area contributed by atoms with Crippen LogP contribution in [-0.4, -0.2) is 15.7 Å². The summed E-state index contributed by atoms with van der Waals surface area (Å²) in [5.74, 6) is -0.310. The van der Waals surface area contributed by atoms with Gasteiger partial charge in [0.25, 0.3) is 5.91 Å². The van der Waals surface area contributed by atoms with E-state index in [0.717, 1.165) is 0 Å². The third-order valence-corrected chi connectivity index (χ3v) is 3.88. The van der Waals surface area contributed by atoms with Crippen LogP contribution in [0.3, 0.4) is 0 Å². The lowest BCUT2D eigenvalue weighted by Gasteiger charge is -2.07. The predicted molar refractivity (Wildman–Crippen MR) is 79.5 cm³/mol. The molecule has 3 N–H and O–H groups in total. The average Bonchev–Trinajstić information content (AvgIpc) is 2.58. The van der Waals surface area contributed by atoms with E-state index >= 15 is 0 Å². The van der Waals surface area contributed by atoms with E-state index in [2.05, 4.69) is 26.3 Å². The molecule has 1 amide bonds. The minimum absolute atomic E-state index is 0.310. The van der Waals surface area contributed by atoms with Crippen molar-refractivity contribution in [3.05, 3.63) is 39.1 Å². The Balaban J connectivity index is 2.28. The number of nitrogens with one attached hydrogen (secondary N) is 1. The zero-order valence-electron chi connectivity index (χ0n) is 10.4. The summed E-state index contributed by atoms with van der Waals surface area (Å²) in [6.45, 7) is 1.75. The van der Waals surface area contributed by atoms with Crippen molar-refractivity contribution in [2.24, 2.45) is 7.05 Å². The molecular formula is C12H12BrClN4O. The molecule has 0 unspecified atom stereocenters. The van der Waals surface area contributed by atoms with Crippen molar-refractivity contribution in [3.63, 3.8) is 0 Å². The van der Waals surface area contributed by atoms with E-state index in [-0.39, 0.29) is 5.91 Å². The molecule has 100 valence electrons. The van der Waals surface area contributed by atoms with Crippen molar-refractivity contribution < 1.29 is 4.79 Å². The molecule has 7 heteroatoms. The van der Waals surface area contributed by atoms with E-state index in [9.17, 15) is 4.79 Å². The molecule has 0 bridgehead atoms. The smallest absolute Gasteiger partial charge is 0.276 e. The lowest BCUT2D eigenvalue weighted by Crippen LogP contribution is -2.17. The Morgan fingerprint density at radius 1 is 1.53 bits per heavy atom. The summed E-state index contributed by atoms with van der Waals surface area (Å²) in [4.78, 5) is 12.2. The second-order valence-corrected chi connectivity index (χ2v) is 5.32. The van der Waals surface area contributed by atoms with Crippen LogP contribution in [0, 0.1) is 6.92 Å². The van der Waals surface area contributed by atoms with Gasteiger partial charge in [0.15, 0.2) is 0 Å². The molecule has 5 nitrogen and oxygen atoms in total. The first-order chi connectivity index (χ1) is 8.90. The molecule has 1 aromatic heterocycles. The van der Waals surface area contributed by atoms with Gasteiger partial charge in [-0.3, -0.25) is 9.48 Å². The maximum atomic E-state index is 12.2. The second kappa shape index (κ2) is 5.22. The number of amides is 1. The summed E-state index contributed by atoms with van der Waals surface area (Å²) < 4.78 is 2.17. The quantitative estimate of drug-likeness (QED) is 0.880. The van der Waals surface area contributed by atoms with Crippen LogP contribution in [0.15, 0.2) is 22.7 Å². The van der Waals surface area contributed by atoms with E-state index in [1.54, 1.807) is 32.2 Å². The third kappa shape index (κ3) is 2.74. The van der Waals surface area contributed by atoms with Gasteiger partial charge in [-0.15, -0.1) is 0 Å². The van der Waals surface area contributed by atoms with Crippen molar-refractivity contribution >= 4 is 44.8 Å². The van der Waals surface area contributed by atoms with Crippen LogP contribution >= 0.6 is 27.5 Å². The van der Waals surface area contributed by atoms with Gasteiger partial charge in [0, 0.05) is 17.2 Å². The van der Waals surface area contributed by atoms with Crippen molar-refractivity contribution in [2.75, 3.05) is 11.1 Å². The summed E-state index contributed by atoms with van der Waals surface area (Å²) >= 11 is 9.19. The zero-order chi connectivity index (χ0) is 14.2. The summed E-state index contributed by atoms with van der Waals surface area (Å²) in [6.07, 6.45) is 0. The molecule has 1 aromatic carbocycles. The fraction of sp³-hybridized carbons (Fsp3) is 0.167. The number of rotatable bonds is 2. The van der Waals surface area contributed by atoms with Crippen molar-refractivity contribution in [2.45, 2.75) is 6.92 Å². The number of anilines is 2. The number of halogens is 2. The number of nitrogen functional groups attached to an aromatic ring is 1. The topological polar surface area (TPSA) is 72.9 Å². The molecule has 0 radical (unpaired) electrons. The van der Waals surface area contributed by atoms with E-state index in [1.807, 2.05) is 0 Å². The van der Waals surface area contributed by atoms with Gasteiger partial charge in [0.2, 0.25) is 0 Å². The molecule has 2 rings (SSSR count). The summed E-state index contributed by atoms with van der Waals surface area (Å²) in [7, 11) is 1.68. The van der Waals surface area contributed by atoms with Gasteiger partial charge in [-0.1, -0.05) is 11.6 Å². The fourth-order valence-corrected chi connectivity index (χ4v) is 2.20. The SMILES string of the molecule is Cc1nn(C)c(C(=O)Nc2ccc(Cl)c(Br)c2)c1N. The molecule has 0 aliphatic carbocycles. The molecule has 0 spiro atoms. The number of nitrogens with two attached hydrogens (primary N) is 1. The van der Waals surface area contributed by atoms with Crippen LogP contribution in [0.1, 0.15) is 16.2 Å². The van der Waals surface area contributed by atoms with Gasteiger partial charge in [0.05, 0.1) is 16.4 Å². The summed E-state index contributed by atoms with van der Waals surface area (Å²) in [5.41, 5.74) is 7.81. The first kappa shape index (κ1) is 13.9. The van der Waals surface area contributed by atoms with Crippen molar-refractivity contribution in [3.8, 4) is 0 Å². The normalized spacial score (nSPS) is 10.5. The molecule has 0 aliphatic heterocycles. The summed E-state index contributed by atoms with van der Waals surface area (Å²) in [6, 6.07) is 5.13. The highest BCUT2D eigenvalue weighted by Crippen LogP contribution is 2.26. The molecular weight excluding hydrogens is 332 g/mol. The van der Waals surface area contributed by atoms with E-state index in [0.29, 0.717) is 32.3 Å². The van der Waals surface area contributed by atoms with Gasteiger partial charge in [-0.25, -0.2) is 0 Å². The Bertz CT molecular complexity index is 653. The van der Waals surface area contributed by atoms with Crippen LogP contribution in [0.5, 0.6) is 0 Å². The van der Waals surface area contributed by atoms with Gasteiger partial charge in [-0.2, -0.15) is 5.10 Å². The van der Waals surface area contributed by atoms with Crippen LogP contribution in [0.4, 0.5) is 11.4 Å². The van der Waals surface area contributed by atoms with Gasteiger partial charge >= 0.3 is 0 Å². The highest BCUT2D eigenvalue weighted by molar-refractivity contribution is 9.10. The monoisotopic (exact) mass is 342 g/mol. The van der Waals surface area contributed by atoms with Crippen LogP contribution in [0.25, 0.3) is 0 Å². The van der Waals surface area contributed by atoms with Gasteiger partial charge in [0.1, 0.15) is 5.69 Å². The Labute approximate surface area is 123 Å². The Morgan fingerprint density at radius 3 is 2.74 bits per heavy atom. The van der Waals surface area contributed by atoms with Crippen LogP contribution in [-0.2, 0) is 7.05 Å². The molecule has 2 aromatic rings. The molecule has 1 heterocycles. The number of aromatic nitrogens is 2. The standard InChI is InChI=1S/C12H12BrClN4O/c1-6-10(15)11(18(2)17-6)12(19)16-7-3-4-9(14)8(13)5-7/h3-5H,15H2,1-2H3,(H,16,19). The van der Waals surface area contributed by atoms with E-state index < -0.39 is 0 Å². The number of carbonyl (C=O) groups excluding carboxylic acids is 1. The van der Waals surface area contributed by atoms with E-state index in [4.69, 9.17) is 17.3 Å². The predicted octanol–water partition coefficient (Wildman–Crippen LogP) is 2.98. The second-order valence-electron chi connectivity index (χ2n) is 4.05. The lowest BCUT2D eigenvalue weighted by atomic mass is 10.2. The minimum atomic E-state index is -0.310. The highest BCUT2D eigenvalue weighted by atomic mass is 79.9. The molecule has 0 aliphatic rings. The van der Waals surface area contributed by atoms with Gasteiger partial charge < -0.3 is 11.1 Å². The van der Waals surface area contributed by atoms with Crippen molar-refractivity contribution in [1.29, 1.82) is 0 Å². The fourth-order valence-electron chi connectivity index (χ4n) is 1.71. The van der Waals surface area contributed by atoms with Crippen LogP contribution in [0.2, 0.25) is 5.02 Å². The van der Waals surface area contributed by atoms with E-state index in [1.165, 1.54) is 4.68 Å². The van der Waals surface area contributed by atoms with Crippen molar-refractivity contribution in [1.82, 2.24) is 9.78 Å². The Hall–Kier alpha value is -1.53. The third-order valence-electron chi connectivity index (χ3n) is 2.66. The van der Waals surface area contributed by atoms with Gasteiger partial charge in [-0.05, 0) is 41.1 Å². The zero-order valence-corrected chi connectivity index (χ0v) is 12.7. The largest absolute Gasteiger partial charge is 0.395 e. The molecule has 19 heavy (non-hydrogen) atoms. The molecule has 0 saturated heterocycles. The Morgan fingerprint density at radius 2 is 2.21 bits per heavy atom. The summed E-state index contributed by atoms with van der Waals surface area (Å²) in [5, 5.41) is 7.44. The first-order valence-corrected chi connectivity index (χ1v) is 6.62. The number of aryl methyl sites for hydroxylation is 2. The Kier molecular flexibility index (Phi) is 3.82.